The molecule has 0 aliphatic carbocycles. The number of carbonyl (C=O) groups excluding carboxylic acids is 1. The van der Waals surface area contributed by atoms with Crippen LogP contribution in [0.1, 0.15) is 18.5 Å². The van der Waals surface area contributed by atoms with Crippen LogP contribution in [-0.2, 0) is 4.79 Å². The van der Waals surface area contributed by atoms with E-state index in [1.165, 1.54) is 0 Å². The number of halogens is 4. The van der Waals surface area contributed by atoms with Crippen molar-refractivity contribution in [2.45, 2.75) is 19.1 Å². The Balaban J connectivity index is 2.38. The highest BCUT2D eigenvalue weighted by Crippen LogP contribution is 2.17. The molecule has 0 aliphatic rings. The summed E-state index contributed by atoms with van der Waals surface area (Å²) in [6, 6.07) is 6.84. The highest BCUT2D eigenvalue weighted by atomic mass is 35.5. The predicted molar refractivity (Wildman–Crippen MR) is 66.9 cm³/mol. The lowest BCUT2D eigenvalue weighted by molar-refractivity contribution is -0.137. The fraction of sp³-hybridized carbons (Fsp3) is 0.417. The molecular weight excluding hydrogens is 281 g/mol. The average molecular weight is 295 g/mol. The maximum Gasteiger partial charge on any atom is 0.405 e. The van der Waals surface area contributed by atoms with E-state index >= 15 is 0 Å². The molecule has 0 fully saturated rings. The molecule has 3 nitrogen and oxygen atoms in total. The van der Waals surface area contributed by atoms with Gasteiger partial charge in [-0.15, -0.1) is 0 Å². The molecule has 0 unspecified atom stereocenters. The van der Waals surface area contributed by atoms with E-state index in [0.29, 0.717) is 5.02 Å². The lowest BCUT2D eigenvalue weighted by atomic mass is 10.1. The Morgan fingerprint density at radius 3 is 2.68 bits per heavy atom. The van der Waals surface area contributed by atoms with Gasteiger partial charge in [-0.05, 0) is 24.6 Å². The summed E-state index contributed by atoms with van der Waals surface area (Å²) in [6.45, 7) is 0.283. The molecule has 0 bridgehead atoms. The maximum absolute atomic E-state index is 11.9. The van der Waals surface area contributed by atoms with Crippen molar-refractivity contribution in [3.63, 3.8) is 0 Å². The van der Waals surface area contributed by atoms with Gasteiger partial charge in [0.1, 0.15) is 6.54 Å². The molecule has 1 aromatic rings. The van der Waals surface area contributed by atoms with Gasteiger partial charge >= 0.3 is 6.18 Å². The first-order chi connectivity index (χ1) is 8.78. The lowest BCUT2D eigenvalue weighted by Gasteiger charge is -2.15. The number of amides is 1. The summed E-state index contributed by atoms with van der Waals surface area (Å²) in [7, 11) is 0. The highest BCUT2D eigenvalue weighted by molar-refractivity contribution is 6.30. The van der Waals surface area contributed by atoms with Gasteiger partial charge in [0.15, 0.2) is 0 Å². The van der Waals surface area contributed by atoms with Gasteiger partial charge in [-0.25, -0.2) is 0 Å². The number of carbonyl (C=O) groups is 1. The summed E-state index contributed by atoms with van der Waals surface area (Å²) in [5.74, 6) is -0.703. The van der Waals surface area contributed by atoms with Gasteiger partial charge in [0, 0.05) is 11.1 Å². The first-order valence-electron chi connectivity index (χ1n) is 5.60. The van der Waals surface area contributed by atoms with Gasteiger partial charge in [0.05, 0.1) is 6.54 Å². The standard InChI is InChI=1S/C12H14ClF3N2O/c1-8(9-3-2-4-10(13)5-9)17-6-11(19)18-7-12(14,15)16/h2-5,8,17H,6-7H2,1H3,(H,18,19)/t8-/m1/s1. The molecule has 0 saturated carbocycles. The minimum absolute atomic E-state index is 0.185. The van der Waals surface area contributed by atoms with Crippen LogP contribution in [0.15, 0.2) is 24.3 Å². The van der Waals surface area contributed by atoms with Crippen molar-refractivity contribution in [2.24, 2.45) is 0 Å². The number of rotatable bonds is 5. The Kier molecular flexibility index (Phi) is 5.62. The summed E-state index contributed by atoms with van der Waals surface area (Å²) >= 11 is 5.82. The van der Waals surface area contributed by atoms with Crippen LogP contribution in [0.25, 0.3) is 0 Å². The van der Waals surface area contributed by atoms with Gasteiger partial charge in [-0.2, -0.15) is 13.2 Å². The second kappa shape index (κ2) is 6.77. The van der Waals surface area contributed by atoms with Crippen LogP contribution in [0, 0.1) is 0 Å². The van der Waals surface area contributed by atoms with Crippen LogP contribution in [0.4, 0.5) is 13.2 Å². The van der Waals surface area contributed by atoms with Crippen molar-refractivity contribution in [3.05, 3.63) is 34.9 Å². The molecule has 0 aromatic heterocycles. The molecule has 1 aromatic carbocycles. The van der Waals surface area contributed by atoms with E-state index in [9.17, 15) is 18.0 Å². The number of benzene rings is 1. The van der Waals surface area contributed by atoms with E-state index in [1.54, 1.807) is 30.4 Å². The number of hydrogen-bond donors (Lipinski definition) is 2. The smallest absolute Gasteiger partial charge is 0.346 e. The van der Waals surface area contributed by atoms with E-state index < -0.39 is 18.6 Å². The second-order valence-electron chi connectivity index (χ2n) is 4.05. The van der Waals surface area contributed by atoms with Crippen molar-refractivity contribution >= 4 is 17.5 Å². The third-order valence-corrected chi connectivity index (χ3v) is 2.64. The van der Waals surface area contributed by atoms with Crippen molar-refractivity contribution in [2.75, 3.05) is 13.1 Å². The molecular formula is C12H14ClF3N2O. The SMILES string of the molecule is C[C@@H](NCC(=O)NCC(F)(F)F)c1cccc(Cl)c1. The largest absolute Gasteiger partial charge is 0.405 e. The van der Waals surface area contributed by atoms with Crippen LogP contribution < -0.4 is 10.6 Å². The van der Waals surface area contributed by atoms with Gasteiger partial charge in [-0.1, -0.05) is 23.7 Å². The van der Waals surface area contributed by atoms with Gasteiger partial charge in [-0.3, -0.25) is 4.79 Å². The van der Waals surface area contributed by atoms with Crippen LogP contribution in [0.2, 0.25) is 5.02 Å². The van der Waals surface area contributed by atoms with E-state index in [-0.39, 0.29) is 12.6 Å². The van der Waals surface area contributed by atoms with Crippen LogP contribution in [-0.4, -0.2) is 25.2 Å². The third kappa shape index (κ3) is 6.45. The molecule has 2 N–H and O–H groups in total. The molecule has 0 spiro atoms. The molecule has 0 radical (unpaired) electrons. The minimum atomic E-state index is -4.39. The lowest BCUT2D eigenvalue weighted by Crippen LogP contribution is -2.39. The Morgan fingerprint density at radius 2 is 2.11 bits per heavy atom. The van der Waals surface area contributed by atoms with Crippen molar-refractivity contribution < 1.29 is 18.0 Å². The van der Waals surface area contributed by atoms with Gasteiger partial charge in [0.25, 0.3) is 0 Å². The zero-order valence-electron chi connectivity index (χ0n) is 10.2. The molecule has 0 heterocycles. The first kappa shape index (κ1) is 15.8. The molecule has 7 heteroatoms. The van der Waals surface area contributed by atoms with Gasteiger partial charge < -0.3 is 10.6 Å². The summed E-state index contributed by atoms with van der Waals surface area (Å²) in [4.78, 5) is 11.2. The average Bonchev–Trinajstić information content (AvgIpc) is 2.32. The monoisotopic (exact) mass is 294 g/mol. The van der Waals surface area contributed by atoms with E-state index in [4.69, 9.17) is 11.6 Å². The Labute approximate surface area is 114 Å². The topological polar surface area (TPSA) is 41.1 Å². The minimum Gasteiger partial charge on any atom is -0.346 e. The molecule has 1 amide bonds. The summed E-state index contributed by atoms with van der Waals surface area (Å²) < 4.78 is 35.6. The Bertz CT molecular complexity index is 437. The molecule has 0 aliphatic heterocycles. The second-order valence-corrected chi connectivity index (χ2v) is 4.49. The predicted octanol–water partition coefficient (Wildman–Crippen LogP) is 2.67. The molecule has 1 rings (SSSR count). The number of nitrogens with one attached hydrogen (secondary N) is 2. The van der Waals surface area contributed by atoms with E-state index in [1.807, 2.05) is 6.07 Å². The zero-order valence-corrected chi connectivity index (χ0v) is 11.0. The van der Waals surface area contributed by atoms with Crippen LogP contribution in [0.3, 0.4) is 0 Å². The summed E-state index contributed by atoms with van der Waals surface area (Å²) in [5.41, 5.74) is 0.858. The zero-order chi connectivity index (χ0) is 14.5. The van der Waals surface area contributed by atoms with E-state index in [2.05, 4.69) is 5.32 Å². The van der Waals surface area contributed by atoms with Crippen molar-refractivity contribution in [1.82, 2.24) is 10.6 Å². The normalized spacial score (nSPS) is 13.1. The number of alkyl halides is 3. The van der Waals surface area contributed by atoms with E-state index in [0.717, 1.165) is 5.56 Å². The molecule has 1 atom stereocenters. The van der Waals surface area contributed by atoms with Crippen molar-refractivity contribution in [3.8, 4) is 0 Å². The maximum atomic E-state index is 11.9. The molecule has 0 saturated heterocycles. The number of hydrogen-bond acceptors (Lipinski definition) is 2. The van der Waals surface area contributed by atoms with Crippen LogP contribution >= 0.6 is 11.6 Å². The Morgan fingerprint density at radius 1 is 1.42 bits per heavy atom. The van der Waals surface area contributed by atoms with Crippen LogP contribution in [0.5, 0.6) is 0 Å². The molecule has 106 valence electrons. The highest BCUT2D eigenvalue weighted by Gasteiger charge is 2.27. The van der Waals surface area contributed by atoms with Crippen molar-refractivity contribution in [1.29, 1.82) is 0 Å². The fourth-order valence-corrected chi connectivity index (χ4v) is 1.60. The fourth-order valence-electron chi connectivity index (χ4n) is 1.40. The quantitative estimate of drug-likeness (QED) is 0.876. The Hall–Kier alpha value is -1.27. The summed E-state index contributed by atoms with van der Waals surface area (Å²) in [6.07, 6.45) is -4.39. The first-order valence-corrected chi connectivity index (χ1v) is 5.98. The molecule has 19 heavy (non-hydrogen) atoms. The summed E-state index contributed by atoms with van der Waals surface area (Å²) in [5, 5.41) is 5.18. The third-order valence-electron chi connectivity index (χ3n) is 2.40. The van der Waals surface area contributed by atoms with Gasteiger partial charge in [0.2, 0.25) is 5.91 Å².